The molecule has 0 spiro atoms. The average Bonchev–Trinajstić information content (AvgIpc) is 3.29. The molecule has 2 aliphatic rings. The van der Waals surface area contributed by atoms with Crippen LogP contribution in [-0.4, -0.2) is 77.3 Å². The number of rotatable bonds is 4. The van der Waals surface area contributed by atoms with Gasteiger partial charge in [-0.25, -0.2) is 14.7 Å². The number of pyridine rings is 1. The molecule has 2 unspecified atom stereocenters. The van der Waals surface area contributed by atoms with Gasteiger partial charge >= 0.3 is 12.3 Å². The van der Waals surface area contributed by atoms with Crippen molar-refractivity contribution in [3.8, 4) is 0 Å². The van der Waals surface area contributed by atoms with Crippen LogP contribution in [0.25, 0.3) is 5.65 Å². The number of imide groups is 1. The van der Waals surface area contributed by atoms with Crippen LogP contribution in [0.1, 0.15) is 43.2 Å². The van der Waals surface area contributed by atoms with Crippen molar-refractivity contribution in [2.24, 2.45) is 0 Å². The van der Waals surface area contributed by atoms with Crippen molar-refractivity contribution >= 4 is 59.4 Å². The fraction of sp³-hybridized carbons (Fsp3) is 0.565. The number of nitrogens with zero attached hydrogens (tertiary/aromatic N) is 4. The lowest BCUT2D eigenvalue weighted by atomic mass is 10.00. The predicted molar refractivity (Wildman–Crippen MR) is 137 cm³/mol. The molecule has 38 heavy (non-hydrogen) atoms. The monoisotopic (exact) mass is 638 g/mol. The standard InChI is InChI=1S/C23H27BrClF3N4O5Si/c1-22(2,3)38(4,5)37-15-10-30(7-6-14(15)32-16(33)11-36-21(32)35)20(34)17-18(25)31-9-12(24)8-13(19(31)29-17)23(26,27)28/h8-9,14-15H,6-7,10-11H2,1-5H3. The molecule has 0 N–H and O–H groups in total. The number of piperidine rings is 1. The second kappa shape index (κ2) is 9.79. The summed E-state index contributed by atoms with van der Waals surface area (Å²) >= 11 is 9.41. The van der Waals surface area contributed by atoms with Crippen molar-refractivity contribution in [3.05, 3.63) is 33.1 Å². The van der Waals surface area contributed by atoms with Crippen LogP contribution in [0, 0.1) is 0 Å². The van der Waals surface area contributed by atoms with Crippen molar-refractivity contribution in [3.63, 3.8) is 0 Å². The summed E-state index contributed by atoms with van der Waals surface area (Å²) < 4.78 is 53.6. The van der Waals surface area contributed by atoms with E-state index in [2.05, 4.69) is 20.9 Å². The molecule has 2 aromatic rings. The molecule has 0 radical (unpaired) electrons. The SMILES string of the molecule is CC(C)(C)[Si](C)(C)OC1CN(C(=O)c2nc3c(C(F)(F)F)cc(Br)cn3c2Cl)CCC1N1C(=O)COC1=O. The van der Waals surface area contributed by atoms with Crippen LogP contribution in [0.15, 0.2) is 16.7 Å². The molecule has 9 nitrogen and oxygen atoms in total. The number of hydrogen-bond donors (Lipinski definition) is 0. The predicted octanol–water partition coefficient (Wildman–Crippen LogP) is 5.35. The smallest absolute Gasteiger partial charge is 0.420 e. The Kier molecular flexibility index (Phi) is 7.43. The maximum atomic E-state index is 13.7. The molecule has 0 aromatic carbocycles. The van der Waals surface area contributed by atoms with E-state index >= 15 is 0 Å². The van der Waals surface area contributed by atoms with E-state index in [0.29, 0.717) is 0 Å². The summed E-state index contributed by atoms with van der Waals surface area (Å²) in [5.74, 6) is -1.17. The first-order valence-electron chi connectivity index (χ1n) is 11.8. The van der Waals surface area contributed by atoms with Gasteiger partial charge in [0.2, 0.25) is 0 Å². The van der Waals surface area contributed by atoms with Gasteiger partial charge in [-0.2, -0.15) is 13.2 Å². The maximum Gasteiger partial charge on any atom is 0.420 e. The van der Waals surface area contributed by atoms with Crippen LogP contribution in [0.3, 0.4) is 0 Å². The molecule has 4 rings (SSSR count). The first-order valence-corrected chi connectivity index (χ1v) is 15.9. The Bertz CT molecular complexity index is 1300. The molecule has 2 fully saturated rings. The van der Waals surface area contributed by atoms with Gasteiger partial charge in [0.1, 0.15) is 5.15 Å². The number of carbonyl (C=O) groups is 3. The Morgan fingerprint density at radius 1 is 1.26 bits per heavy atom. The van der Waals surface area contributed by atoms with E-state index in [9.17, 15) is 27.6 Å². The van der Waals surface area contributed by atoms with E-state index in [4.69, 9.17) is 20.8 Å². The van der Waals surface area contributed by atoms with Gasteiger partial charge in [-0.05, 0) is 46.5 Å². The zero-order chi connectivity index (χ0) is 28.4. The number of ether oxygens (including phenoxy) is 1. The molecule has 0 bridgehead atoms. The van der Waals surface area contributed by atoms with E-state index < -0.39 is 55.8 Å². The Labute approximate surface area is 231 Å². The van der Waals surface area contributed by atoms with Gasteiger partial charge in [0.05, 0.1) is 17.7 Å². The molecular weight excluding hydrogens is 613 g/mol. The van der Waals surface area contributed by atoms with Gasteiger partial charge in [0.25, 0.3) is 11.8 Å². The van der Waals surface area contributed by atoms with Crippen LogP contribution in [0.4, 0.5) is 18.0 Å². The van der Waals surface area contributed by atoms with E-state index in [1.807, 2.05) is 33.9 Å². The van der Waals surface area contributed by atoms with Crippen molar-refractivity contribution in [1.82, 2.24) is 19.2 Å². The highest BCUT2D eigenvalue weighted by Gasteiger charge is 2.48. The summed E-state index contributed by atoms with van der Waals surface area (Å²) in [4.78, 5) is 44.8. The number of fused-ring (bicyclic) bond motifs is 1. The topological polar surface area (TPSA) is 93.5 Å². The van der Waals surface area contributed by atoms with Gasteiger partial charge in [0, 0.05) is 23.8 Å². The number of amides is 3. The van der Waals surface area contributed by atoms with Crippen molar-refractivity contribution in [1.29, 1.82) is 0 Å². The van der Waals surface area contributed by atoms with Crippen molar-refractivity contribution < 1.29 is 36.7 Å². The summed E-state index contributed by atoms with van der Waals surface area (Å²) in [6.07, 6.45) is -4.74. The van der Waals surface area contributed by atoms with E-state index in [1.54, 1.807) is 0 Å². The Hall–Kier alpha value is -2.16. The highest BCUT2D eigenvalue weighted by molar-refractivity contribution is 9.10. The van der Waals surface area contributed by atoms with Crippen LogP contribution >= 0.6 is 27.5 Å². The lowest BCUT2D eigenvalue weighted by molar-refractivity contribution is -0.136. The third kappa shape index (κ3) is 5.19. The van der Waals surface area contributed by atoms with Crippen molar-refractivity contribution in [2.75, 3.05) is 19.7 Å². The van der Waals surface area contributed by atoms with Gasteiger partial charge in [-0.15, -0.1) is 0 Å². The molecule has 0 aliphatic carbocycles. The van der Waals surface area contributed by atoms with Crippen LogP contribution in [-0.2, 0) is 20.1 Å². The van der Waals surface area contributed by atoms with Gasteiger partial charge in [-0.1, -0.05) is 32.4 Å². The van der Waals surface area contributed by atoms with Gasteiger partial charge < -0.3 is 14.1 Å². The molecule has 208 valence electrons. The molecule has 15 heteroatoms. The molecule has 2 atom stereocenters. The molecule has 2 saturated heterocycles. The van der Waals surface area contributed by atoms with Crippen LogP contribution < -0.4 is 0 Å². The fourth-order valence-corrected chi connectivity index (χ4v) is 6.35. The van der Waals surface area contributed by atoms with Gasteiger partial charge in [0.15, 0.2) is 26.3 Å². The number of hydrogen-bond acceptors (Lipinski definition) is 6. The number of halogens is 5. The van der Waals surface area contributed by atoms with Gasteiger partial charge in [-0.3, -0.25) is 14.0 Å². The number of imidazole rings is 1. The number of aromatic nitrogens is 2. The summed E-state index contributed by atoms with van der Waals surface area (Å²) in [5.41, 5.74) is -1.88. The minimum absolute atomic E-state index is 0.0207. The summed E-state index contributed by atoms with van der Waals surface area (Å²) in [6, 6.07) is 0.202. The number of likely N-dealkylation sites (tertiary alicyclic amines) is 1. The second-order valence-electron chi connectivity index (χ2n) is 10.9. The molecule has 4 heterocycles. The summed E-state index contributed by atoms with van der Waals surface area (Å²) in [6.45, 7) is 9.81. The second-order valence-corrected chi connectivity index (χ2v) is 16.9. The largest absolute Gasteiger partial charge is 0.439 e. The molecular formula is C23H27BrClF3N4O5Si. The molecule has 3 amide bonds. The van der Waals surface area contributed by atoms with E-state index in [0.717, 1.165) is 15.4 Å². The number of cyclic esters (lactones) is 1. The lowest BCUT2D eigenvalue weighted by Crippen LogP contribution is -2.60. The minimum Gasteiger partial charge on any atom is -0.439 e. The maximum absolute atomic E-state index is 13.7. The van der Waals surface area contributed by atoms with E-state index in [1.165, 1.54) is 11.1 Å². The molecule has 2 aromatic heterocycles. The van der Waals surface area contributed by atoms with E-state index in [-0.39, 0.29) is 46.5 Å². The molecule has 0 saturated carbocycles. The number of carbonyl (C=O) groups excluding carboxylic acids is 3. The van der Waals surface area contributed by atoms with Crippen LogP contribution in [0.2, 0.25) is 23.3 Å². The lowest BCUT2D eigenvalue weighted by Gasteiger charge is -2.46. The average molecular weight is 640 g/mol. The van der Waals surface area contributed by atoms with Crippen molar-refractivity contribution in [2.45, 2.75) is 63.6 Å². The Morgan fingerprint density at radius 2 is 1.92 bits per heavy atom. The number of alkyl halides is 3. The zero-order valence-corrected chi connectivity index (χ0v) is 24.7. The third-order valence-electron chi connectivity index (χ3n) is 7.32. The highest BCUT2D eigenvalue weighted by Crippen LogP contribution is 2.40. The summed E-state index contributed by atoms with van der Waals surface area (Å²) in [7, 11) is -2.45. The zero-order valence-electron chi connectivity index (χ0n) is 21.4. The first-order chi connectivity index (χ1) is 17.4. The first kappa shape index (κ1) is 28.8. The third-order valence-corrected chi connectivity index (χ3v) is 12.6. The van der Waals surface area contributed by atoms with Crippen LogP contribution in [0.5, 0.6) is 0 Å². The Morgan fingerprint density at radius 3 is 2.47 bits per heavy atom. The Balaban J connectivity index is 1.69. The quantitative estimate of drug-likeness (QED) is 0.419. The fourth-order valence-electron chi connectivity index (χ4n) is 4.32. The molecule has 2 aliphatic heterocycles. The summed E-state index contributed by atoms with van der Waals surface area (Å²) in [5, 5.41) is -0.481. The minimum atomic E-state index is -4.72. The normalized spacial score (nSPS) is 21.4. The highest BCUT2D eigenvalue weighted by atomic mass is 79.9.